The van der Waals surface area contributed by atoms with E-state index >= 15 is 0 Å². The lowest BCUT2D eigenvalue weighted by atomic mass is 10.0. The van der Waals surface area contributed by atoms with Gasteiger partial charge in [0.2, 0.25) is 0 Å². The molecule has 0 aliphatic carbocycles. The lowest BCUT2D eigenvalue weighted by molar-refractivity contribution is 0.155. The van der Waals surface area contributed by atoms with Crippen molar-refractivity contribution in [3.63, 3.8) is 0 Å². The number of hydrogen-bond donors (Lipinski definition) is 1. The topological polar surface area (TPSA) is 33.1 Å². The molecule has 2 heterocycles. The summed E-state index contributed by atoms with van der Waals surface area (Å²) < 4.78 is 0. The van der Waals surface area contributed by atoms with E-state index < -0.39 is 0 Å². The molecule has 0 aliphatic heterocycles. The molecule has 90 valence electrons. The SMILES string of the molecule is OC(CCc1ccsc1)CCc1ccccn1. The number of aromatic nitrogens is 1. The van der Waals surface area contributed by atoms with Crippen LogP contribution >= 0.6 is 11.3 Å². The molecule has 2 aromatic heterocycles. The fourth-order valence-corrected chi connectivity index (χ4v) is 2.48. The fourth-order valence-electron chi connectivity index (χ4n) is 1.77. The van der Waals surface area contributed by atoms with Crippen molar-refractivity contribution in [2.45, 2.75) is 31.8 Å². The minimum Gasteiger partial charge on any atom is -0.393 e. The van der Waals surface area contributed by atoms with Crippen molar-refractivity contribution in [2.75, 3.05) is 0 Å². The molecule has 0 radical (unpaired) electrons. The molecule has 2 nitrogen and oxygen atoms in total. The molecular formula is C14H17NOS. The molecule has 0 aliphatic rings. The van der Waals surface area contributed by atoms with E-state index in [4.69, 9.17) is 0 Å². The highest BCUT2D eigenvalue weighted by molar-refractivity contribution is 7.07. The smallest absolute Gasteiger partial charge is 0.0547 e. The third-order valence-electron chi connectivity index (χ3n) is 2.81. The van der Waals surface area contributed by atoms with Crippen LogP contribution < -0.4 is 0 Å². The van der Waals surface area contributed by atoms with Gasteiger partial charge in [-0.05, 0) is 60.2 Å². The zero-order chi connectivity index (χ0) is 11.9. The average molecular weight is 247 g/mol. The van der Waals surface area contributed by atoms with Gasteiger partial charge in [-0.1, -0.05) is 6.07 Å². The summed E-state index contributed by atoms with van der Waals surface area (Å²) in [5, 5.41) is 14.1. The molecule has 0 saturated carbocycles. The molecule has 0 spiro atoms. The monoisotopic (exact) mass is 247 g/mol. The van der Waals surface area contributed by atoms with Crippen LogP contribution in [0.4, 0.5) is 0 Å². The van der Waals surface area contributed by atoms with Gasteiger partial charge in [0, 0.05) is 11.9 Å². The van der Waals surface area contributed by atoms with Gasteiger partial charge in [-0.3, -0.25) is 4.98 Å². The molecule has 2 aromatic rings. The maximum absolute atomic E-state index is 9.88. The highest BCUT2D eigenvalue weighted by Crippen LogP contribution is 2.12. The van der Waals surface area contributed by atoms with E-state index in [0.717, 1.165) is 31.4 Å². The minimum atomic E-state index is -0.225. The van der Waals surface area contributed by atoms with Gasteiger partial charge in [0.05, 0.1) is 6.10 Å². The molecule has 1 atom stereocenters. The van der Waals surface area contributed by atoms with Crippen LogP contribution in [-0.2, 0) is 12.8 Å². The molecule has 0 aromatic carbocycles. The largest absolute Gasteiger partial charge is 0.393 e. The fraction of sp³-hybridized carbons (Fsp3) is 0.357. The predicted octanol–water partition coefficient (Wildman–Crippen LogP) is 3.07. The van der Waals surface area contributed by atoms with Crippen LogP contribution in [0, 0.1) is 0 Å². The van der Waals surface area contributed by atoms with E-state index in [1.165, 1.54) is 5.56 Å². The van der Waals surface area contributed by atoms with Crippen LogP contribution in [0.25, 0.3) is 0 Å². The van der Waals surface area contributed by atoms with Crippen molar-refractivity contribution in [3.05, 3.63) is 52.5 Å². The van der Waals surface area contributed by atoms with Gasteiger partial charge in [-0.2, -0.15) is 11.3 Å². The molecular weight excluding hydrogens is 230 g/mol. The Balaban J connectivity index is 1.69. The predicted molar refractivity (Wildman–Crippen MR) is 71.2 cm³/mol. The van der Waals surface area contributed by atoms with Crippen molar-refractivity contribution in [3.8, 4) is 0 Å². The molecule has 0 fully saturated rings. The quantitative estimate of drug-likeness (QED) is 0.851. The number of aryl methyl sites for hydroxylation is 2. The number of rotatable bonds is 6. The Morgan fingerprint density at radius 1 is 1.18 bits per heavy atom. The maximum Gasteiger partial charge on any atom is 0.0547 e. The van der Waals surface area contributed by atoms with Gasteiger partial charge >= 0.3 is 0 Å². The highest BCUT2D eigenvalue weighted by atomic mass is 32.1. The number of thiophene rings is 1. The van der Waals surface area contributed by atoms with E-state index in [1.54, 1.807) is 17.5 Å². The first kappa shape index (κ1) is 12.3. The van der Waals surface area contributed by atoms with E-state index in [2.05, 4.69) is 21.8 Å². The molecule has 2 rings (SSSR count). The summed E-state index contributed by atoms with van der Waals surface area (Å²) >= 11 is 1.71. The molecule has 0 bridgehead atoms. The van der Waals surface area contributed by atoms with Crippen LogP contribution in [0.5, 0.6) is 0 Å². The molecule has 1 N–H and O–H groups in total. The van der Waals surface area contributed by atoms with Crippen LogP contribution in [0.1, 0.15) is 24.1 Å². The summed E-state index contributed by atoms with van der Waals surface area (Å²) in [5.74, 6) is 0. The second-order valence-corrected chi connectivity index (χ2v) is 4.96. The zero-order valence-electron chi connectivity index (χ0n) is 9.75. The van der Waals surface area contributed by atoms with Crippen LogP contribution in [0.3, 0.4) is 0 Å². The van der Waals surface area contributed by atoms with Crippen molar-refractivity contribution < 1.29 is 5.11 Å². The normalized spacial score (nSPS) is 12.5. The minimum absolute atomic E-state index is 0.225. The summed E-state index contributed by atoms with van der Waals surface area (Å²) in [7, 11) is 0. The number of hydrogen-bond acceptors (Lipinski definition) is 3. The lowest BCUT2D eigenvalue weighted by Gasteiger charge is -2.09. The van der Waals surface area contributed by atoms with Gasteiger partial charge in [-0.15, -0.1) is 0 Å². The second-order valence-electron chi connectivity index (χ2n) is 4.18. The van der Waals surface area contributed by atoms with E-state index in [9.17, 15) is 5.11 Å². The first-order valence-electron chi connectivity index (χ1n) is 5.93. The Bertz CT molecular complexity index is 413. The number of aliphatic hydroxyl groups is 1. The molecule has 17 heavy (non-hydrogen) atoms. The van der Waals surface area contributed by atoms with Crippen molar-refractivity contribution in [1.29, 1.82) is 0 Å². The third kappa shape index (κ3) is 4.29. The average Bonchev–Trinajstić information content (AvgIpc) is 2.88. The zero-order valence-corrected chi connectivity index (χ0v) is 10.6. The summed E-state index contributed by atoms with van der Waals surface area (Å²) in [5.41, 5.74) is 2.38. The van der Waals surface area contributed by atoms with Crippen molar-refractivity contribution in [2.24, 2.45) is 0 Å². The number of aliphatic hydroxyl groups excluding tert-OH is 1. The van der Waals surface area contributed by atoms with E-state index in [-0.39, 0.29) is 6.10 Å². The summed E-state index contributed by atoms with van der Waals surface area (Å²) in [6.07, 6.45) is 5.02. The van der Waals surface area contributed by atoms with Crippen molar-refractivity contribution >= 4 is 11.3 Å². The Labute approximate surface area is 106 Å². The maximum atomic E-state index is 9.88. The van der Waals surface area contributed by atoms with E-state index in [1.807, 2.05) is 18.2 Å². The third-order valence-corrected chi connectivity index (χ3v) is 3.54. The van der Waals surface area contributed by atoms with Crippen LogP contribution in [0.15, 0.2) is 41.2 Å². The molecule has 0 amide bonds. The Morgan fingerprint density at radius 3 is 2.76 bits per heavy atom. The summed E-state index contributed by atoms with van der Waals surface area (Å²) in [4.78, 5) is 4.25. The molecule has 3 heteroatoms. The highest BCUT2D eigenvalue weighted by Gasteiger charge is 2.05. The molecule has 1 unspecified atom stereocenters. The molecule has 0 saturated heterocycles. The standard InChI is InChI=1S/C14H17NOS/c16-14(6-4-12-8-10-17-11-12)7-5-13-3-1-2-9-15-13/h1-3,8-11,14,16H,4-7H2. The van der Waals surface area contributed by atoms with Crippen LogP contribution in [0.2, 0.25) is 0 Å². The summed E-state index contributed by atoms with van der Waals surface area (Å²) in [6, 6.07) is 8.03. The number of pyridine rings is 1. The van der Waals surface area contributed by atoms with Gasteiger partial charge in [0.1, 0.15) is 0 Å². The van der Waals surface area contributed by atoms with Gasteiger partial charge in [-0.25, -0.2) is 0 Å². The summed E-state index contributed by atoms with van der Waals surface area (Å²) in [6.45, 7) is 0. The van der Waals surface area contributed by atoms with Crippen molar-refractivity contribution in [1.82, 2.24) is 4.98 Å². The first-order valence-corrected chi connectivity index (χ1v) is 6.88. The van der Waals surface area contributed by atoms with Gasteiger partial charge < -0.3 is 5.11 Å². The first-order chi connectivity index (χ1) is 8.34. The van der Waals surface area contributed by atoms with E-state index in [0.29, 0.717) is 0 Å². The van der Waals surface area contributed by atoms with Gasteiger partial charge in [0.15, 0.2) is 0 Å². The number of nitrogens with zero attached hydrogens (tertiary/aromatic N) is 1. The Kier molecular flexibility index (Phi) is 4.71. The lowest BCUT2D eigenvalue weighted by Crippen LogP contribution is -2.09. The Hall–Kier alpha value is -1.19. The Morgan fingerprint density at radius 2 is 2.06 bits per heavy atom. The van der Waals surface area contributed by atoms with Crippen LogP contribution in [-0.4, -0.2) is 16.2 Å². The van der Waals surface area contributed by atoms with Gasteiger partial charge in [0.25, 0.3) is 0 Å². The second kappa shape index (κ2) is 6.52.